The van der Waals surface area contributed by atoms with Crippen LogP contribution in [0.15, 0.2) is 30.3 Å². The second kappa shape index (κ2) is 8.41. The maximum absolute atomic E-state index is 12.1. The molecule has 2 N–H and O–H groups in total. The SMILES string of the molecule is CC(CN(C)C(=O)NCC(c1ccccc1)C(C)C)C(=O)O. The van der Waals surface area contributed by atoms with Crippen molar-refractivity contribution in [1.29, 1.82) is 0 Å². The van der Waals surface area contributed by atoms with Crippen molar-refractivity contribution in [2.45, 2.75) is 26.7 Å². The molecule has 0 spiro atoms. The summed E-state index contributed by atoms with van der Waals surface area (Å²) in [5, 5.41) is 11.8. The Morgan fingerprint density at radius 2 is 1.77 bits per heavy atom. The van der Waals surface area contributed by atoms with Crippen LogP contribution < -0.4 is 5.32 Å². The minimum atomic E-state index is -0.899. The van der Waals surface area contributed by atoms with E-state index in [2.05, 4.69) is 31.3 Å². The van der Waals surface area contributed by atoms with Crippen molar-refractivity contribution < 1.29 is 14.7 Å². The van der Waals surface area contributed by atoms with Crippen molar-refractivity contribution in [1.82, 2.24) is 10.2 Å². The summed E-state index contributed by atoms with van der Waals surface area (Å²) in [4.78, 5) is 24.3. The standard InChI is InChI=1S/C17H26N2O3/c1-12(2)15(14-8-6-5-7-9-14)10-18-17(22)19(4)11-13(3)16(20)21/h5-9,12-13,15H,10-11H2,1-4H3,(H,18,22)(H,20,21). The van der Waals surface area contributed by atoms with E-state index in [0.717, 1.165) is 0 Å². The molecule has 2 atom stereocenters. The molecule has 1 rings (SSSR count). The Hall–Kier alpha value is -2.04. The van der Waals surface area contributed by atoms with Crippen LogP contribution in [-0.2, 0) is 4.79 Å². The summed E-state index contributed by atoms with van der Waals surface area (Å²) in [6.07, 6.45) is 0. The second-order valence-electron chi connectivity index (χ2n) is 6.07. The van der Waals surface area contributed by atoms with Crippen molar-refractivity contribution in [3.8, 4) is 0 Å². The first-order valence-corrected chi connectivity index (χ1v) is 7.59. The Morgan fingerprint density at radius 1 is 1.18 bits per heavy atom. The Morgan fingerprint density at radius 3 is 2.27 bits per heavy atom. The summed E-state index contributed by atoms with van der Waals surface area (Å²) in [5.74, 6) is -0.851. The number of nitrogens with one attached hydrogen (secondary N) is 1. The smallest absolute Gasteiger partial charge is 0.317 e. The molecule has 1 aromatic carbocycles. The predicted octanol–water partition coefficient (Wildman–Crippen LogP) is 2.79. The van der Waals surface area contributed by atoms with Crippen LogP contribution in [0.3, 0.4) is 0 Å². The maximum Gasteiger partial charge on any atom is 0.317 e. The number of amides is 2. The first kappa shape index (κ1) is 18.0. The number of rotatable bonds is 7. The highest BCUT2D eigenvalue weighted by atomic mass is 16.4. The number of carboxylic acid groups (broad SMARTS) is 1. The van der Waals surface area contributed by atoms with Gasteiger partial charge in [0.15, 0.2) is 0 Å². The van der Waals surface area contributed by atoms with Gasteiger partial charge in [-0.25, -0.2) is 4.79 Å². The lowest BCUT2D eigenvalue weighted by atomic mass is 9.88. The van der Waals surface area contributed by atoms with Crippen LogP contribution in [-0.4, -0.2) is 42.1 Å². The number of aliphatic carboxylic acids is 1. The van der Waals surface area contributed by atoms with Crippen LogP contribution in [0, 0.1) is 11.8 Å². The fourth-order valence-corrected chi connectivity index (χ4v) is 2.34. The monoisotopic (exact) mass is 306 g/mol. The number of urea groups is 1. The lowest BCUT2D eigenvalue weighted by Gasteiger charge is -2.25. The summed E-state index contributed by atoms with van der Waals surface area (Å²) in [6.45, 7) is 6.57. The molecular weight excluding hydrogens is 280 g/mol. The van der Waals surface area contributed by atoms with E-state index < -0.39 is 11.9 Å². The molecule has 0 saturated carbocycles. The molecular formula is C17H26N2O3. The summed E-state index contributed by atoms with van der Waals surface area (Å²) in [5.41, 5.74) is 1.19. The van der Waals surface area contributed by atoms with Gasteiger partial charge < -0.3 is 15.3 Å². The van der Waals surface area contributed by atoms with E-state index in [0.29, 0.717) is 12.5 Å². The van der Waals surface area contributed by atoms with Gasteiger partial charge in [-0.15, -0.1) is 0 Å². The maximum atomic E-state index is 12.1. The highest BCUT2D eigenvalue weighted by Crippen LogP contribution is 2.23. The summed E-state index contributed by atoms with van der Waals surface area (Å²) in [7, 11) is 1.61. The molecule has 5 heteroatoms. The van der Waals surface area contributed by atoms with E-state index in [1.807, 2.05) is 18.2 Å². The average molecular weight is 306 g/mol. The van der Waals surface area contributed by atoms with E-state index in [9.17, 15) is 9.59 Å². The minimum absolute atomic E-state index is 0.193. The normalized spacial score (nSPS) is 13.5. The summed E-state index contributed by atoms with van der Waals surface area (Å²) in [6, 6.07) is 9.84. The van der Waals surface area contributed by atoms with Gasteiger partial charge in [-0.3, -0.25) is 4.79 Å². The van der Waals surface area contributed by atoms with Gasteiger partial charge in [-0.2, -0.15) is 0 Å². The molecule has 0 aliphatic carbocycles. The number of benzene rings is 1. The highest BCUT2D eigenvalue weighted by Gasteiger charge is 2.20. The fourth-order valence-electron chi connectivity index (χ4n) is 2.34. The molecule has 0 aliphatic rings. The first-order chi connectivity index (χ1) is 10.3. The van der Waals surface area contributed by atoms with Gasteiger partial charge in [0, 0.05) is 26.1 Å². The molecule has 22 heavy (non-hydrogen) atoms. The van der Waals surface area contributed by atoms with Gasteiger partial charge in [0.1, 0.15) is 0 Å². The zero-order chi connectivity index (χ0) is 16.7. The van der Waals surface area contributed by atoms with Gasteiger partial charge in [0.2, 0.25) is 0 Å². The number of nitrogens with zero attached hydrogens (tertiary/aromatic N) is 1. The largest absolute Gasteiger partial charge is 0.481 e. The van der Waals surface area contributed by atoms with Crippen LogP contribution in [0.25, 0.3) is 0 Å². The van der Waals surface area contributed by atoms with Crippen molar-refractivity contribution in [3.05, 3.63) is 35.9 Å². The number of carboxylic acids is 1. The molecule has 1 aromatic rings. The number of hydrogen-bond donors (Lipinski definition) is 2. The van der Waals surface area contributed by atoms with Crippen LogP contribution in [0.4, 0.5) is 4.79 Å². The zero-order valence-electron chi connectivity index (χ0n) is 13.7. The molecule has 2 amide bonds. The fraction of sp³-hybridized carbons (Fsp3) is 0.529. The molecule has 0 fully saturated rings. The quantitative estimate of drug-likeness (QED) is 0.814. The predicted molar refractivity (Wildman–Crippen MR) is 86.8 cm³/mol. The number of carbonyl (C=O) groups excluding carboxylic acids is 1. The summed E-state index contributed by atoms with van der Waals surface area (Å²) >= 11 is 0. The van der Waals surface area contributed by atoms with Gasteiger partial charge in [0.05, 0.1) is 5.92 Å². The molecule has 122 valence electrons. The lowest BCUT2D eigenvalue weighted by molar-refractivity contribution is -0.141. The Kier molecular flexibility index (Phi) is 6.89. The molecule has 0 saturated heterocycles. The van der Waals surface area contributed by atoms with Crippen molar-refractivity contribution in [2.24, 2.45) is 11.8 Å². The zero-order valence-corrected chi connectivity index (χ0v) is 13.7. The Labute approximate surface area is 132 Å². The van der Waals surface area contributed by atoms with Gasteiger partial charge in [-0.05, 0) is 11.5 Å². The molecule has 0 aliphatic heterocycles. The van der Waals surface area contributed by atoms with Crippen LogP contribution in [0.2, 0.25) is 0 Å². The average Bonchev–Trinajstić information content (AvgIpc) is 2.47. The topological polar surface area (TPSA) is 69.6 Å². The molecule has 2 unspecified atom stereocenters. The van der Waals surface area contributed by atoms with E-state index in [-0.39, 0.29) is 18.5 Å². The van der Waals surface area contributed by atoms with Crippen molar-refractivity contribution >= 4 is 12.0 Å². The summed E-state index contributed by atoms with van der Waals surface area (Å²) < 4.78 is 0. The van der Waals surface area contributed by atoms with Gasteiger partial charge >= 0.3 is 12.0 Å². The van der Waals surface area contributed by atoms with Crippen LogP contribution in [0.5, 0.6) is 0 Å². The first-order valence-electron chi connectivity index (χ1n) is 7.59. The highest BCUT2D eigenvalue weighted by molar-refractivity contribution is 5.75. The minimum Gasteiger partial charge on any atom is -0.481 e. The number of hydrogen-bond acceptors (Lipinski definition) is 2. The van der Waals surface area contributed by atoms with Gasteiger partial charge in [0.25, 0.3) is 0 Å². The van der Waals surface area contributed by atoms with Crippen LogP contribution in [0.1, 0.15) is 32.3 Å². The lowest BCUT2D eigenvalue weighted by Crippen LogP contribution is -2.42. The van der Waals surface area contributed by atoms with Gasteiger partial charge in [-0.1, -0.05) is 51.1 Å². The third kappa shape index (κ3) is 5.39. The Balaban J connectivity index is 2.58. The van der Waals surface area contributed by atoms with E-state index >= 15 is 0 Å². The third-order valence-corrected chi connectivity index (χ3v) is 3.82. The molecule has 0 aromatic heterocycles. The second-order valence-corrected chi connectivity index (χ2v) is 6.07. The van der Waals surface area contributed by atoms with E-state index in [1.54, 1.807) is 14.0 Å². The van der Waals surface area contributed by atoms with Crippen molar-refractivity contribution in [3.63, 3.8) is 0 Å². The third-order valence-electron chi connectivity index (χ3n) is 3.82. The molecule has 0 bridgehead atoms. The molecule has 0 radical (unpaired) electrons. The molecule has 5 nitrogen and oxygen atoms in total. The van der Waals surface area contributed by atoms with Crippen LogP contribution >= 0.6 is 0 Å². The van der Waals surface area contributed by atoms with E-state index in [4.69, 9.17) is 5.11 Å². The number of carbonyl (C=O) groups is 2. The van der Waals surface area contributed by atoms with Crippen molar-refractivity contribution in [2.75, 3.05) is 20.1 Å². The molecule has 0 heterocycles. The van der Waals surface area contributed by atoms with E-state index in [1.165, 1.54) is 10.5 Å². The Bertz CT molecular complexity index is 488.